The zero-order chi connectivity index (χ0) is 18.5. The van der Waals surface area contributed by atoms with E-state index in [4.69, 9.17) is 4.74 Å². The van der Waals surface area contributed by atoms with Gasteiger partial charge in [-0.2, -0.15) is 0 Å². The highest BCUT2D eigenvalue weighted by molar-refractivity contribution is 5.95. The van der Waals surface area contributed by atoms with Gasteiger partial charge in [0.1, 0.15) is 5.75 Å². The van der Waals surface area contributed by atoms with E-state index in [1.54, 1.807) is 7.11 Å². The molecule has 0 saturated carbocycles. The van der Waals surface area contributed by atoms with Gasteiger partial charge < -0.3 is 14.5 Å². The van der Waals surface area contributed by atoms with E-state index in [0.717, 1.165) is 49.4 Å². The second kappa shape index (κ2) is 8.26. The molecule has 1 fully saturated rings. The number of nitrogens with zero attached hydrogens (tertiary/aromatic N) is 2. The molecule has 4 heteroatoms. The van der Waals surface area contributed by atoms with Crippen molar-refractivity contribution < 1.29 is 9.53 Å². The highest BCUT2D eigenvalue weighted by atomic mass is 16.5. The first-order chi connectivity index (χ1) is 12.6. The summed E-state index contributed by atoms with van der Waals surface area (Å²) in [4.78, 5) is 17.1. The summed E-state index contributed by atoms with van der Waals surface area (Å²) < 4.78 is 5.26. The molecule has 0 aromatic heterocycles. The van der Waals surface area contributed by atoms with Crippen molar-refractivity contribution in [2.24, 2.45) is 0 Å². The van der Waals surface area contributed by atoms with E-state index in [-0.39, 0.29) is 5.91 Å². The molecular weight excluding hydrogens is 324 g/mol. The summed E-state index contributed by atoms with van der Waals surface area (Å²) >= 11 is 0. The lowest BCUT2D eigenvalue weighted by Crippen LogP contribution is -2.34. The SMILES string of the molecule is COc1ccc([C@H]2CCCCN(C(=O)c3cccc(N(C)C)c3)C2)cc1. The third kappa shape index (κ3) is 4.18. The lowest BCUT2D eigenvalue weighted by Gasteiger charge is -2.25. The van der Waals surface area contributed by atoms with Crippen LogP contribution in [0.5, 0.6) is 5.75 Å². The molecule has 1 amide bonds. The maximum atomic E-state index is 13.1. The van der Waals surface area contributed by atoms with Gasteiger partial charge in [0.15, 0.2) is 0 Å². The molecule has 0 spiro atoms. The van der Waals surface area contributed by atoms with Crippen molar-refractivity contribution in [3.05, 3.63) is 59.7 Å². The van der Waals surface area contributed by atoms with Crippen LogP contribution in [0.15, 0.2) is 48.5 Å². The summed E-state index contributed by atoms with van der Waals surface area (Å²) in [5, 5.41) is 0. The van der Waals surface area contributed by atoms with Crippen LogP contribution < -0.4 is 9.64 Å². The maximum Gasteiger partial charge on any atom is 0.253 e. The van der Waals surface area contributed by atoms with E-state index in [1.165, 1.54) is 5.56 Å². The number of amides is 1. The molecular formula is C22H28N2O2. The monoisotopic (exact) mass is 352 g/mol. The lowest BCUT2D eigenvalue weighted by atomic mass is 9.94. The minimum absolute atomic E-state index is 0.133. The molecule has 0 radical (unpaired) electrons. The fraction of sp³-hybridized carbons (Fsp3) is 0.409. The Morgan fingerprint density at radius 2 is 1.88 bits per heavy atom. The van der Waals surface area contributed by atoms with Gasteiger partial charge in [-0.1, -0.05) is 24.6 Å². The first kappa shape index (κ1) is 18.3. The Hall–Kier alpha value is -2.49. The van der Waals surface area contributed by atoms with Crippen molar-refractivity contribution in [3.8, 4) is 5.75 Å². The minimum Gasteiger partial charge on any atom is -0.497 e. The fourth-order valence-corrected chi connectivity index (χ4v) is 3.57. The molecule has 1 aliphatic rings. The van der Waals surface area contributed by atoms with Crippen LogP contribution in [-0.4, -0.2) is 45.1 Å². The lowest BCUT2D eigenvalue weighted by molar-refractivity contribution is 0.0754. The smallest absolute Gasteiger partial charge is 0.253 e. The van der Waals surface area contributed by atoms with Gasteiger partial charge in [-0.05, 0) is 48.7 Å². The highest BCUT2D eigenvalue weighted by Crippen LogP contribution is 2.29. The molecule has 4 nitrogen and oxygen atoms in total. The average Bonchev–Trinajstić information content (AvgIpc) is 2.94. The maximum absolute atomic E-state index is 13.1. The van der Waals surface area contributed by atoms with Crippen LogP contribution >= 0.6 is 0 Å². The minimum atomic E-state index is 0.133. The molecule has 0 unspecified atom stereocenters. The van der Waals surface area contributed by atoms with E-state index < -0.39 is 0 Å². The van der Waals surface area contributed by atoms with Crippen LogP contribution in [0.2, 0.25) is 0 Å². The van der Waals surface area contributed by atoms with Gasteiger partial charge in [0.25, 0.3) is 5.91 Å². The van der Waals surface area contributed by atoms with Crippen LogP contribution in [0.1, 0.15) is 41.1 Å². The van der Waals surface area contributed by atoms with Crippen molar-refractivity contribution in [2.45, 2.75) is 25.2 Å². The van der Waals surface area contributed by atoms with Gasteiger partial charge in [-0.3, -0.25) is 4.79 Å². The van der Waals surface area contributed by atoms with Gasteiger partial charge in [0, 0.05) is 44.4 Å². The number of ether oxygens (including phenoxy) is 1. The Labute approximate surface area is 156 Å². The highest BCUT2D eigenvalue weighted by Gasteiger charge is 2.24. The number of rotatable bonds is 4. The topological polar surface area (TPSA) is 32.8 Å². The molecule has 0 bridgehead atoms. The number of anilines is 1. The van der Waals surface area contributed by atoms with E-state index in [9.17, 15) is 4.79 Å². The summed E-state index contributed by atoms with van der Waals surface area (Å²) in [5.41, 5.74) is 3.11. The molecule has 1 aliphatic heterocycles. The Kier molecular flexibility index (Phi) is 5.82. The quantitative estimate of drug-likeness (QED) is 0.828. The van der Waals surface area contributed by atoms with Gasteiger partial charge >= 0.3 is 0 Å². The van der Waals surface area contributed by atoms with Gasteiger partial charge in [0.2, 0.25) is 0 Å². The molecule has 2 aromatic carbocycles. The van der Waals surface area contributed by atoms with Crippen molar-refractivity contribution in [1.29, 1.82) is 0 Å². The van der Waals surface area contributed by atoms with Crippen LogP contribution in [-0.2, 0) is 0 Å². The number of carbonyl (C=O) groups excluding carboxylic acids is 1. The van der Waals surface area contributed by atoms with E-state index >= 15 is 0 Å². The molecule has 138 valence electrons. The zero-order valence-corrected chi connectivity index (χ0v) is 15.9. The standard InChI is InChI=1S/C22H28N2O2/c1-23(2)20-9-6-8-18(15-20)22(25)24-14-5-4-7-19(16-24)17-10-12-21(26-3)13-11-17/h6,8-13,15,19H,4-5,7,14,16H2,1-3H3/t19-/m0/s1. The molecule has 2 aromatic rings. The number of hydrogen-bond acceptors (Lipinski definition) is 3. The third-order valence-corrected chi connectivity index (χ3v) is 5.16. The van der Waals surface area contributed by atoms with Crippen LogP contribution in [0.3, 0.4) is 0 Å². The van der Waals surface area contributed by atoms with E-state index in [1.807, 2.05) is 60.3 Å². The predicted molar refractivity (Wildman–Crippen MR) is 106 cm³/mol. The van der Waals surface area contributed by atoms with Gasteiger partial charge in [0.05, 0.1) is 7.11 Å². The molecule has 3 rings (SSSR count). The number of carbonyl (C=O) groups is 1. The summed E-state index contributed by atoms with van der Waals surface area (Å²) in [5.74, 6) is 1.38. The van der Waals surface area contributed by atoms with Crippen molar-refractivity contribution in [3.63, 3.8) is 0 Å². The van der Waals surface area contributed by atoms with E-state index in [2.05, 4.69) is 12.1 Å². The zero-order valence-electron chi connectivity index (χ0n) is 15.9. The number of hydrogen-bond donors (Lipinski definition) is 0. The Balaban J connectivity index is 1.78. The number of methoxy groups -OCH3 is 1. The molecule has 0 N–H and O–H groups in total. The second-order valence-electron chi connectivity index (χ2n) is 7.16. The molecule has 26 heavy (non-hydrogen) atoms. The fourth-order valence-electron chi connectivity index (χ4n) is 3.57. The average molecular weight is 352 g/mol. The molecule has 1 atom stereocenters. The van der Waals surface area contributed by atoms with Crippen LogP contribution in [0.25, 0.3) is 0 Å². The number of likely N-dealkylation sites (tertiary alicyclic amines) is 1. The summed E-state index contributed by atoms with van der Waals surface area (Å²) in [6.45, 7) is 1.61. The largest absolute Gasteiger partial charge is 0.497 e. The molecule has 1 saturated heterocycles. The number of benzene rings is 2. The van der Waals surface area contributed by atoms with Crippen molar-refractivity contribution >= 4 is 11.6 Å². The van der Waals surface area contributed by atoms with Crippen LogP contribution in [0.4, 0.5) is 5.69 Å². The first-order valence-corrected chi connectivity index (χ1v) is 9.29. The normalized spacial score (nSPS) is 17.5. The van der Waals surface area contributed by atoms with Gasteiger partial charge in [-0.15, -0.1) is 0 Å². The second-order valence-corrected chi connectivity index (χ2v) is 7.16. The summed E-state index contributed by atoms with van der Waals surface area (Å²) in [7, 11) is 5.67. The Morgan fingerprint density at radius 1 is 1.12 bits per heavy atom. The van der Waals surface area contributed by atoms with Crippen LogP contribution in [0, 0.1) is 0 Å². The Morgan fingerprint density at radius 3 is 2.58 bits per heavy atom. The first-order valence-electron chi connectivity index (χ1n) is 9.29. The summed E-state index contributed by atoms with van der Waals surface area (Å²) in [6, 6.07) is 16.2. The summed E-state index contributed by atoms with van der Waals surface area (Å²) in [6.07, 6.45) is 3.33. The van der Waals surface area contributed by atoms with Crippen molar-refractivity contribution in [1.82, 2.24) is 4.90 Å². The Bertz CT molecular complexity index is 740. The van der Waals surface area contributed by atoms with Gasteiger partial charge in [-0.25, -0.2) is 0 Å². The van der Waals surface area contributed by atoms with Crippen molar-refractivity contribution in [2.75, 3.05) is 39.2 Å². The van der Waals surface area contributed by atoms with E-state index in [0.29, 0.717) is 5.92 Å². The third-order valence-electron chi connectivity index (χ3n) is 5.16. The predicted octanol–water partition coefficient (Wildman–Crippen LogP) is 4.17. The molecule has 1 heterocycles. The molecule has 0 aliphatic carbocycles.